The lowest BCUT2D eigenvalue weighted by Crippen LogP contribution is -2.76. The molecule has 2 aromatic carbocycles. The van der Waals surface area contributed by atoms with E-state index >= 15 is 35.9 Å². The lowest BCUT2D eigenvalue weighted by Gasteiger charge is -2.66. The maximum atomic E-state index is 16.3. The van der Waals surface area contributed by atoms with E-state index in [1.807, 2.05) is 0 Å². The van der Waals surface area contributed by atoms with E-state index in [4.69, 9.17) is 47.4 Å². The van der Waals surface area contributed by atoms with Gasteiger partial charge in [0, 0.05) is 61.2 Å². The number of benzene rings is 2. The Morgan fingerprint density at radius 1 is 0.615 bits per heavy atom. The van der Waals surface area contributed by atoms with Crippen LogP contribution in [-0.2, 0) is 77.7 Å². The van der Waals surface area contributed by atoms with Gasteiger partial charge in [0.25, 0.3) is 11.2 Å². The van der Waals surface area contributed by atoms with Crippen molar-refractivity contribution in [3.8, 4) is 0 Å². The number of esters is 2. The average molecular weight is 1100 g/mol. The third kappa shape index (κ3) is 7.53. The van der Waals surface area contributed by atoms with E-state index in [1.54, 1.807) is 27.7 Å². The standard InChI is InChI=1S/C58H66F6O14/c1-9-11-15-25-33-37-38-39(44-53(46(77-53)41(38)65)28-36(51(5,6)76-44)74-49(68)56(70-8,58(62,63)64)31-23-19-14-20-24-31)45(72-33)54-32(29-71-34(40(37)54)26-16-12-10-2)43-52(47(78-52)42(54)66)27-35(50(3,4)75-43)73-48(67)55(69-7,57(59,60)61)30-21-17-13-18-22-30/h13-14,17-24,29,33-37,40,43-47H,9-12,15-16,25-28H2,1-8H3/t33-,34-,35-,36-,37?,40+,43-,44-,45-,46-,47-,52+,53+,54+,55-,56-/m0/s1. The van der Waals surface area contributed by atoms with Crippen LogP contribution < -0.4 is 0 Å². The van der Waals surface area contributed by atoms with Gasteiger partial charge in [0.2, 0.25) is 0 Å². The monoisotopic (exact) mass is 1100 g/mol. The lowest BCUT2D eigenvalue weighted by atomic mass is 9.43. The summed E-state index contributed by atoms with van der Waals surface area (Å²) in [5, 5.41) is 0. The smallest absolute Gasteiger partial charge is 0.432 e. The van der Waals surface area contributed by atoms with Crippen LogP contribution >= 0.6 is 0 Å². The Bertz CT molecular complexity index is 2800. The van der Waals surface area contributed by atoms with E-state index in [2.05, 4.69) is 13.8 Å². The van der Waals surface area contributed by atoms with E-state index in [1.165, 1.54) is 42.7 Å². The SMILES string of the molecule is CCCCC[C@@H]1O[C@H]2C3=C(C(=O)[C@@H]4O[C@@]45C[C@H](OC(=O)[C@@](OC)(c4ccccc4)C(F)(F)F)C(C)(C)O[C@@H]35)C1[C@H]1[C@H](CCCCC)OC=C3[C@@H]4OC(C)(C)[C@@H](OC(=O)[C@@](OC)(c5ccccc5)C(F)(F)F)C[C@@]45O[C@H]5C(=O)[C@]321. The summed E-state index contributed by atoms with van der Waals surface area (Å²) in [5.41, 5.74) is -14.9. The lowest BCUT2D eigenvalue weighted by molar-refractivity contribution is -0.288. The quantitative estimate of drug-likeness (QED) is 0.0675. The summed E-state index contributed by atoms with van der Waals surface area (Å²) in [7, 11) is 1.54. The molecule has 2 aromatic rings. The first-order valence-corrected chi connectivity index (χ1v) is 27.2. The normalized spacial score (nSPS) is 38.0. The fraction of sp³-hybridized carbons (Fsp3) is 0.655. The van der Waals surface area contributed by atoms with Crippen LogP contribution in [0.25, 0.3) is 0 Å². The van der Waals surface area contributed by atoms with Crippen LogP contribution in [0.2, 0.25) is 0 Å². The first kappa shape index (κ1) is 55.2. The van der Waals surface area contributed by atoms with Crippen LogP contribution in [-0.4, -0.2) is 127 Å². The maximum Gasteiger partial charge on any atom is 0.432 e. The first-order valence-electron chi connectivity index (χ1n) is 27.2. The number of hydrogen-bond donors (Lipinski definition) is 0. The number of ketones is 2. The van der Waals surface area contributed by atoms with Crippen molar-refractivity contribution in [1.29, 1.82) is 0 Å². The zero-order valence-corrected chi connectivity index (χ0v) is 44.8. The van der Waals surface area contributed by atoms with Crippen molar-refractivity contribution in [3.05, 3.63) is 94.8 Å². The molecule has 10 aliphatic rings. The van der Waals surface area contributed by atoms with Crippen LogP contribution in [0.1, 0.15) is 117 Å². The number of unbranched alkanes of at least 4 members (excludes halogenated alkanes) is 4. The predicted octanol–water partition coefficient (Wildman–Crippen LogP) is 9.33. The highest BCUT2D eigenvalue weighted by Crippen LogP contribution is 2.74. The second kappa shape index (κ2) is 18.7. The number of fused-ring (bicyclic) bond motifs is 2. The van der Waals surface area contributed by atoms with Gasteiger partial charge >= 0.3 is 24.3 Å². The van der Waals surface area contributed by atoms with Gasteiger partial charge in [0.15, 0.2) is 17.7 Å². The number of carbonyl (C=O) groups excluding carboxylic acids is 4. The van der Waals surface area contributed by atoms with Gasteiger partial charge in [0.1, 0.15) is 59.0 Å². The zero-order chi connectivity index (χ0) is 56.0. The Morgan fingerprint density at radius 2 is 1.09 bits per heavy atom. The van der Waals surface area contributed by atoms with Gasteiger partial charge in [-0.05, 0) is 52.5 Å². The third-order valence-electron chi connectivity index (χ3n) is 18.7. The van der Waals surface area contributed by atoms with Crippen molar-refractivity contribution in [2.24, 2.45) is 17.3 Å². The van der Waals surface area contributed by atoms with Crippen molar-refractivity contribution in [1.82, 2.24) is 0 Å². The Kier molecular flexibility index (Phi) is 13.2. The molecule has 5 saturated heterocycles. The predicted molar refractivity (Wildman–Crippen MR) is 261 cm³/mol. The van der Waals surface area contributed by atoms with Gasteiger partial charge in [0.05, 0.1) is 23.9 Å². The molecule has 424 valence electrons. The summed E-state index contributed by atoms with van der Waals surface area (Å²) in [6.07, 6.45) is -13.6. The molecular weight excluding hydrogens is 1030 g/mol. The third-order valence-corrected chi connectivity index (χ3v) is 18.7. The topological polar surface area (TPSA) is 167 Å². The average Bonchev–Trinajstić information content (AvgIpc) is 2.23. The molecule has 2 bridgehead atoms. The molecule has 0 radical (unpaired) electrons. The van der Waals surface area contributed by atoms with E-state index in [-0.39, 0.29) is 18.6 Å². The Labute approximate surface area is 448 Å². The second-order valence-electron chi connectivity index (χ2n) is 23.6. The molecule has 0 aromatic heterocycles. The number of rotatable bonds is 16. The van der Waals surface area contributed by atoms with Crippen LogP contribution in [0.15, 0.2) is 83.6 Å². The highest BCUT2D eigenvalue weighted by Gasteiger charge is 2.87. The molecule has 78 heavy (non-hydrogen) atoms. The molecule has 12 rings (SSSR count). The fourth-order valence-corrected chi connectivity index (χ4v) is 14.7. The number of methoxy groups -OCH3 is 2. The highest BCUT2D eigenvalue weighted by molar-refractivity contribution is 6.07. The molecule has 0 N–H and O–H groups in total. The van der Waals surface area contributed by atoms with Crippen LogP contribution in [0.5, 0.6) is 0 Å². The largest absolute Gasteiger partial charge is 0.498 e. The number of epoxide rings is 2. The molecule has 3 spiro atoms. The summed E-state index contributed by atoms with van der Waals surface area (Å²) in [5.74, 6) is -5.83. The minimum atomic E-state index is -5.28. The molecule has 6 fully saturated rings. The molecule has 1 unspecified atom stereocenters. The molecular formula is C58H66F6O14. The van der Waals surface area contributed by atoms with E-state index in [0.717, 1.165) is 77.0 Å². The molecule has 7 heterocycles. The number of alkyl halides is 6. The van der Waals surface area contributed by atoms with Crippen molar-refractivity contribution in [2.45, 2.75) is 207 Å². The Balaban J connectivity index is 0.991. The van der Waals surface area contributed by atoms with Gasteiger partial charge in [-0.1, -0.05) is 107 Å². The minimum absolute atomic E-state index is 0.264. The number of carbonyl (C=O) groups is 4. The van der Waals surface area contributed by atoms with E-state index < -0.39 is 147 Å². The summed E-state index contributed by atoms with van der Waals surface area (Å²) >= 11 is 0. The molecule has 20 heteroatoms. The molecule has 14 nitrogen and oxygen atoms in total. The van der Waals surface area contributed by atoms with Crippen molar-refractivity contribution in [2.75, 3.05) is 14.2 Å². The van der Waals surface area contributed by atoms with Crippen LogP contribution in [0, 0.1) is 17.3 Å². The number of Topliss-reactive ketones (excluding diaryl/α,β-unsaturated/α-hetero) is 2. The second-order valence-corrected chi connectivity index (χ2v) is 23.6. The Hall–Kier alpha value is -4.70. The number of ether oxygens (including phenoxy) is 10. The summed E-state index contributed by atoms with van der Waals surface area (Å²) in [4.78, 5) is 60.2. The summed E-state index contributed by atoms with van der Waals surface area (Å²) in [6.45, 7) is 10.4. The molecule has 0 amide bonds. The molecule has 1 saturated carbocycles. The number of hydrogen-bond acceptors (Lipinski definition) is 14. The van der Waals surface area contributed by atoms with Gasteiger partial charge in [-0.25, -0.2) is 9.59 Å². The van der Waals surface area contributed by atoms with Crippen LogP contribution in [0.3, 0.4) is 0 Å². The Morgan fingerprint density at radius 3 is 1.58 bits per heavy atom. The highest BCUT2D eigenvalue weighted by atomic mass is 19.4. The fourth-order valence-electron chi connectivity index (χ4n) is 14.7. The van der Waals surface area contributed by atoms with Gasteiger partial charge < -0.3 is 47.4 Å². The molecule has 3 aliphatic carbocycles. The summed E-state index contributed by atoms with van der Waals surface area (Å²) in [6, 6.07) is 12.8. The van der Waals surface area contributed by atoms with Gasteiger partial charge in [-0.2, -0.15) is 26.3 Å². The van der Waals surface area contributed by atoms with Gasteiger partial charge in [-0.15, -0.1) is 0 Å². The van der Waals surface area contributed by atoms with E-state index in [9.17, 15) is 9.59 Å². The summed E-state index contributed by atoms with van der Waals surface area (Å²) < 4.78 is 154. The minimum Gasteiger partial charge on any atom is -0.498 e. The molecule has 16 atom stereocenters. The van der Waals surface area contributed by atoms with Gasteiger partial charge in [-0.3, -0.25) is 9.59 Å². The maximum absolute atomic E-state index is 16.3. The van der Waals surface area contributed by atoms with Crippen molar-refractivity contribution >= 4 is 23.5 Å². The van der Waals surface area contributed by atoms with E-state index in [0.29, 0.717) is 29.6 Å². The molecule has 7 aliphatic heterocycles. The van der Waals surface area contributed by atoms with Crippen molar-refractivity contribution < 1.29 is 92.9 Å². The number of halogens is 6. The van der Waals surface area contributed by atoms with Crippen molar-refractivity contribution in [3.63, 3.8) is 0 Å². The van der Waals surface area contributed by atoms with Crippen LogP contribution in [0.4, 0.5) is 26.3 Å². The first-order chi connectivity index (χ1) is 36.8. The zero-order valence-electron chi connectivity index (χ0n) is 44.8.